The lowest BCUT2D eigenvalue weighted by Gasteiger charge is -2.35. The summed E-state index contributed by atoms with van der Waals surface area (Å²) >= 11 is 46.3. The molecule has 0 fully saturated rings. The minimum atomic E-state index is -4.00. The first-order chi connectivity index (χ1) is 13.8. The summed E-state index contributed by atoms with van der Waals surface area (Å²) in [4.78, 5) is 0. The first-order valence-electron chi connectivity index (χ1n) is 8.01. The highest BCUT2D eigenvalue weighted by Crippen LogP contribution is 2.39. The summed E-state index contributed by atoms with van der Waals surface area (Å²) in [5.41, 5.74) is 0. The molecule has 4 nitrogen and oxygen atoms in total. The molecule has 1 aromatic carbocycles. The average molecular weight is 742 g/mol. The van der Waals surface area contributed by atoms with Crippen molar-refractivity contribution < 1.29 is 17.7 Å². The largest absolute Gasteiger partial charge is 0.750 e. The van der Waals surface area contributed by atoms with Crippen LogP contribution < -0.4 is 4.43 Å². The zero-order valence-corrected chi connectivity index (χ0v) is 25.0. The van der Waals surface area contributed by atoms with Gasteiger partial charge >= 0.3 is 9.05 Å². The first-order valence-corrected chi connectivity index (χ1v) is 15.2. The van der Waals surface area contributed by atoms with Gasteiger partial charge < -0.3 is 17.7 Å². The number of hydrogen-bond acceptors (Lipinski definition) is 4. The summed E-state index contributed by atoms with van der Waals surface area (Å²) in [5.74, 6) is 0.880. The summed E-state index contributed by atoms with van der Waals surface area (Å²) in [5, 5.41) is 0. The van der Waals surface area contributed by atoms with Gasteiger partial charge in [-0.15, -0.1) is 69.6 Å². The number of benzene rings is 1. The van der Waals surface area contributed by atoms with Crippen molar-refractivity contribution in [1.29, 1.82) is 0 Å². The van der Waals surface area contributed by atoms with Gasteiger partial charge in [-0.3, -0.25) is 0 Å². The maximum absolute atomic E-state index is 6.19. The van der Waals surface area contributed by atoms with Gasteiger partial charge in [-0.1, -0.05) is 0 Å². The van der Waals surface area contributed by atoms with E-state index >= 15 is 0 Å². The molecule has 14 heteroatoms. The molecule has 0 radical (unpaired) electrons. The molecule has 0 atom stereocenters. The van der Waals surface area contributed by atoms with Crippen molar-refractivity contribution in [2.45, 2.75) is 18.3 Å². The highest BCUT2D eigenvalue weighted by Gasteiger charge is 2.54. The van der Waals surface area contributed by atoms with Gasteiger partial charge in [0.25, 0.3) is 0 Å². The molecule has 0 bridgehead atoms. The molecular formula is C15H17Br3Cl6O4Si. The van der Waals surface area contributed by atoms with Crippen molar-refractivity contribution in [2.24, 2.45) is 0 Å². The van der Waals surface area contributed by atoms with Crippen molar-refractivity contribution in [3.8, 4) is 5.75 Å². The molecule has 0 aromatic heterocycles. The van der Waals surface area contributed by atoms with Crippen LogP contribution in [0.2, 0.25) is 0 Å². The van der Waals surface area contributed by atoms with Crippen molar-refractivity contribution in [3.63, 3.8) is 0 Å². The fraction of sp³-hybridized carbons (Fsp3) is 0.600. The Morgan fingerprint density at radius 2 is 1.03 bits per heavy atom. The van der Waals surface area contributed by atoms with E-state index in [1.54, 1.807) is 12.1 Å². The van der Waals surface area contributed by atoms with Crippen LogP contribution in [0.15, 0.2) is 25.6 Å². The number of halogens is 9. The van der Waals surface area contributed by atoms with Gasteiger partial charge in [0.2, 0.25) is 0 Å². The van der Waals surface area contributed by atoms with Crippen LogP contribution in [0.3, 0.4) is 0 Å². The van der Waals surface area contributed by atoms with Crippen LogP contribution in [-0.4, -0.2) is 62.6 Å². The van der Waals surface area contributed by atoms with Gasteiger partial charge in [-0.05, 0) is 59.9 Å². The third kappa shape index (κ3) is 9.22. The molecule has 0 heterocycles. The molecule has 0 aliphatic rings. The minimum absolute atomic E-state index is 0.0817. The lowest BCUT2D eigenvalue weighted by atomic mass is 10.3. The van der Waals surface area contributed by atoms with Crippen molar-refractivity contribution >= 4 is 126 Å². The van der Waals surface area contributed by atoms with Crippen molar-refractivity contribution in [2.75, 3.05) is 35.3 Å². The van der Waals surface area contributed by atoms with Crippen LogP contribution in [0.4, 0.5) is 0 Å². The summed E-state index contributed by atoms with van der Waals surface area (Å²) in [7, 11) is -4.00. The van der Waals surface area contributed by atoms with Crippen LogP contribution in [0.1, 0.15) is 0 Å². The van der Waals surface area contributed by atoms with Gasteiger partial charge in [0.15, 0.2) is 0 Å². The second-order valence-electron chi connectivity index (χ2n) is 5.42. The number of alkyl halides is 6. The van der Waals surface area contributed by atoms with Crippen LogP contribution in [0, 0.1) is 0 Å². The average Bonchev–Trinajstić information content (AvgIpc) is 2.74. The van der Waals surface area contributed by atoms with Crippen LogP contribution in [0.25, 0.3) is 0 Å². The fourth-order valence-corrected chi connectivity index (χ4v) is 7.78. The van der Waals surface area contributed by atoms with E-state index in [1.165, 1.54) is 0 Å². The van der Waals surface area contributed by atoms with E-state index in [9.17, 15) is 0 Å². The Balaban J connectivity index is 3.44. The molecule has 168 valence electrons. The highest BCUT2D eigenvalue weighted by atomic mass is 79.9. The molecule has 0 unspecified atom stereocenters. The summed E-state index contributed by atoms with van der Waals surface area (Å²) < 4.78 is 26.5. The standard InChI is InChI=1S/C15H17Br3Cl6O4Si/c16-12-1-2-13(15(18)14(12)17)28-29(25-9(3-19)4-20,26-10(5-21)6-22)27-11(7-23)8-24/h1-2,9-11H,3-8H2. The van der Waals surface area contributed by atoms with Gasteiger partial charge in [-0.25, -0.2) is 0 Å². The molecule has 0 spiro atoms. The Bertz CT molecular complexity index is 588. The lowest BCUT2D eigenvalue weighted by molar-refractivity contribution is -0.0431. The molecule has 0 amide bonds. The normalized spacial score (nSPS) is 12.4. The topological polar surface area (TPSA) is 36.9 Å². The predicted octanol–water partition coefficient (Wildman–Crippen LogP) is 7.38. The summed E-state index contributed by atoms with van der Waals surface area (Å²) in [6.07, 6.45) is -1.87. The van der Waals surface area contributed by atoms with Crippen molar-refractivity contribution in [3.05, 3.63) is 25.6 Å². The van der Waals surface area contributed by atoms with E-state index in [2.05, 4.69) is 47.8 Å². The molecule has 1 aromatic rings. The van der Waals surface area contributed by atoms with Gasteiger partial charge in [-0.2, -0.15) is 0 Å². The third-order valence-electron chi connectivity index (χ3n) is 3.20. The monoisotopic (exact) mass is 736 g/mol. The number of rotatable bonds is 14. The maximum Gasteiger partial charge on any atom is 0.750 e. The minimum Gasteiger partial charge on any atom is -0.479 e. The molecule has 0 aliphatic carbocycles. The Morgan fingerprint density at radius 1 is 0.655 bits per heavy atom. The van der Waals surface area contributed by atoms with Crippen molar-refractivity contribution in [1.82, 2.24) is 0 Å². The molecule has 0 N–H and O–H groups in total. The van der Waals surface area contributed by atoms with E-state index < -0.39 is 27.4 Å². The first kappa shape index (κ1) is 29.3. The quantitative estimate of drug-likeness (QED) is 0.113. The molecule has 0 aliphatic heterocycles. The van der Waals surface area contributed by atoms with E-state index in [0.717, 1.165) is 8.95 Å². The Morgan fingerprint density at radius 3 is 1.38 bits per heavy atom. The third-order valence-corrected chi connectivity index (χ3v) is 10.9. The van der Waals surface area contributed by atoms with E-state index in [-0.39, 0.29) is 35.3 Å². The van der Waals surface area contributed by atoms with E-state index in [4.69, 9.17) is 87.3 Å². The Kier molecular flexibility index (Phi) is 15.4. The second-order valence-corrected chi connectivity index (χ2v) is 11.6. The number of hydrogen-bond donors (Lipinski definition) is 0. The molecule has 1 rings (SSSR count). The molecule has 0 saturated heterocycles. The molecule has 0 saturated carbocycles. The Hall–Kier alpha value is 2.30. The fourth-order valence-electron chi connectivity index (χ4n) is 1.80. The zero-order chi connectivity index (χ0) is 22.0. The highest BCUT2D eigenvalue weighted by molar-refractivity contribution is 9.14. The lowest BCUT2D eigenvalue weighted by Crippen LogP contribution is -2.59. The van der Waals surface area contributed by atoms with Crippen LogP contribution in [0.5, 0.6) is 5.75 Å². The van der Waals surface area contributed by atoms with Gasteiger partial charge in [0.1, 0.15) is 5.75 Å². The molecule has 29 heavy (non-hydrogen) atoms. The Labute approximate surface area is 226 Å². The summed E-state index contributed by atoms with van der Waals surface area (Å²) in [6, 6.07) is 3.49. The van der Waals surface area contributed by atoms with Crippen LogP contribution >= 0.6 is 117 Å². The maximum atomic E-state index is 6.19. The summed E-state index contributed by atoms with van der Waals surface area (Å²) in [6.45, 7) is 0. The predicted molar refractivity (Wildman–Crippen MR) is 135 cm³/mol. The molecular weight excluding hydrogens is 725 g/mol. The smallest absolute Gasteiger partial charge is 0.479 e. The van der Waals surface area contributed by atoms with Gasteiger partial charge in [0, 0.05) is 44.2 Å². The SMILES string of the molecule is ClCC(CCl)O[Si](Oc1ccc(Br)c(Br)c1Br)(OC(CCl)CCl)OC(CCl)CCl. The zero-order valence-electron chi connectivity index (χ0n) is 14.7. The second kappa shape index (κ2) is 15.2. The van der Waals surface area contributed by atoms with E-state index in [0.29, 0.717) is 10.2 Å². The van der Waals surface area contributed by atoms with Gasteiger partial charge in [0.05, 0.1) is 22.8 Å². The van der Waals surface area contributed by atoms with Crippen LogP contribution in [-0.2, 0) is 13.3 Å². The van der Waals surface area contributed by atoms with E-state index in [1.807, 2.05) is 0 Å².